The molecule has 0 heterocycles. The fourth-order valence-electron chi connectivity index (χ4n) is 2.04. The van der Waals surface area contributed by atoms with Gasteiger partial charge in [-0.15, -0.1) is 0 Å². The zero-order valence-electron chi connectivity index (χ0n) is 13.6. The van der Waals surface area contributed by atoms with E-state index in [0.717, 1.165) is 0 Å². The summed E-state index contributed by atoms with van der Waals surface area (Å²) in [5.74, 6) is -0.0302. The Morgan fingerprint density at radius 3 is 2.44 bits per heavy atom. The van der Waals surface area contributed by atoms with Crippen molar-refractivity contribution in [2.45, 2.75) is 12.8 Å². The number of rotatable bonds is 7. The minimum absolute atomic E-state index is 0.142. The molecule has 7 heteroatoms. The Morgan fingerprint density at radius 2 is 1.80 bits per heavy atom. The second kappa shape index (κ2) is 9.30. The predicted octanol–water partition coefficient (Wildman–Crippen LogP) is 4.58. The molecular weight excluding hydrogens is 365 g/mol. The van der Waals surface area contributed by atoms with Gasteiger partial charge in [0, 0.05) is 17.1 Å². The fraction of sp³-hybridized carbons (Fsp3) is 0.222. The molecule has 0 aliphatic heterocycles. The Morgan fingerprint density at radius 1 is 1.08 bits per heavy atom. The summed E-state index contributed by atoms with van der Waals surface area (Å²) >= 11 is 11.8. The summed E-state index contributed by atoms with van der Waals surface area (Å²) < 4.78 is 10.1. The predicted molar refractivity (Wildman–Crippen MR) is 97.6 cm³/mol. The van der Waals surface area contributed by atoms with Gasteiger partial charge < -0.3 is 14.8 Å². The second-order valence-electron chi connectivity index (χ2n) is 5.14. The van der Waals surface area contributed by atoms with E-state index in [1.165, 1.54) is 7.11 Å². The Labute approximate surface area is 155 Å². The van der Waals surface area contributed by atoms with Crippen molar-refractivity contribution in [3.8, 4) is 5.75 Å². The molecule has 0 aromatic heterocycles. The van der Waals surface area contributed by atoms with Crippen LogP contribution in [0.3, 0.4) is 0 Å². The lowest BCUT2D eigenvalue weighted by molar-refractivity contribution is -0.116. The van der Waals surface area contributed by atoms with Gasteiger partial charge in [-0.25, -0.2) is 4.79 Å². The number of hydrogen-bond donors (Lipinski definition) is 1. The van der Waals surface area contributed by atoms with Gasteiger partial charge in [0.15, 0.2) is 0 Å². The fourth-order valence-corrected chi connectivity index (χ4v) is 2.50. The molecule has 132 valence electrons. The number of benzene rings is 2. The van der Waals surface area contributed by atoms with Crippen molar-refractivity contribution in [1.82, 2.24) is 0 Å². The lowest BCUT2D eigenvalue weighted by atomic mass is 10.2. The van der Waals surface area contributed by atoms with Gasteiger partial charge in [0.25, 0.3) is 0 Å². The number of amides is 1. The van der Waals surface area contributed by atoms with Crippen LogP contribution in [-0.2, 0) is 9.53 Å². The Balaban J connectivity index is 1.74. The first-order chi connectivity index (χ1) is 12.0. The number of hydrogen-bond acceptors (Lipinski definition) is 4. The van der Waals surface area contributed by atoms with E-state index in [-0.39, 0.29) is 5.91 Å². The Bertz CT molecular complexity index is 747. The average molecular weight is 382 g/mol. The molecule has 0 unspecified atom stereocenters. The summed E-state index contributed by atoms with van der Waals surface area (Å²) in [6.07, 6.45) is 0.828. The van der Waals surface area contributed by atoms with E-state index in [4.69, 9.17) is 27.9 Å². The molecule has 1 N–H and O–H groups in total. The SMILES string of the molecule is COC(=O)c1ccc(NC(=O)CCCOc2ccc(Cl)cc2Cl)cc1. The number of methoxy groups -OCH3 is 1. The third kappa shape index (κ3) is 5.96. The summed E-state index contributed by atoms with van der Waals surface area (Å²) in [5, 5.41) is 3.72. The van der Waals surface area contributed by atoms with Crippen LogP contribution in [0.4, 0.5) is 5.69 Å². The summed E-state index contributed by atoms with van der Waals surface area (Å²) in [6.45, 7) is 0.357. The Kier molecular flexibility index (Phi) is 7.10. The highest BCUT2D eigenvalue weighted by Crippen LogP contribution is 2.27. The van der Waals surface area contributed by atoms with Crippen LogP contribution < -0.4 is 10.1 Å². The topological polar surface area (TPSA) is 64.6 Å². The van der Waals surface area contributed by atoms with Crippen LogP contribution in [-0.4, -0.2) is 25.6 Å². The minimum Gasteiger partial charge on any atom is -0.492 e. The molecule has 5 nitrogen and oxygen atoms in total. The molecule has 0 saturated carbocycles. The van der Waals surface area contributed by atoms with Crippen molar-refractivity contribution >= 4 is 40.8 Å². The van der Waals surface area contributed by atoms with Crippen LogP contribution >= 0.6 is 23.2 Å². The van der Waals surface area contributed by atoms with Crippen molar-refractivity contribution in [3.05, 3.63) is 58.1 Å². The smallest absolute Gasteiger partial charge is 0.337 e. The molecule has 0 fully saturated rings. The van der Waals surface area contributed by atoms with Crippen molar-refractivity contribution in [3.63, 3.8) is 0 Å². The highest BCUT2D eigenvalue weighted by Gasteiger charge is 2.07. The zero-order chi connectivity index (χ0) is 18.2. The van der Waals surface area contributed by atoms with E-state index < -0.39 is 5.97 Å². The maximum atomic E-state index is 11.9. The molecule has 0 aliphatic rings. The third-order valence-electron chi connectivity index (χ3n) is 3.29. The molecule has 0 bridgehead atoms. The van der Waals surface area contributed by atoms with Crippen molar-refractivity contribution in [1.29, 1.82) is 0 Å². The van der Waals surface area contributed by atoms with Crippen LogP contribution in [0.25, 0.3) is 0 Å². The summed E-state index contributed by atoms with van der Waals surface area (Å²) in [4.78, 5) is 23.2. The average Bonchev–Trinajstić information content (AvgIpc) is 2.60. The number of halogens is 2. The lowest BCUT2D eigenvalue weighted by Gasteiger charge is -2.09. The normalized spacial score (nSPS) is 10.2. The van der Waals surface area contributed by atoms with Gasteiger partial charge >= 0.3 is 5.97 Å². The van der Waals surface area contributed by atoms with Gasteiger partial charge in [-0.05, 0) is 48.9 Å². The highest BCUT2D eigenvalue weighted by atomic mass is 35.5. The van der Waals surface area contributed by atoms with E-state index in [0.29, 0.717) is 46.5 Å². The molecule has 2 aromatic rings. The van der Waals surface area contributed by atoms with Gasteiger partial charge in [0.1, 0.15) is 5.75 Å². The van der Waals surface area contributed by atoms with Crippen LogP contribution in [0, 0.1) is 0 Å². The number of carbonyl (C=O) groups is 2. The van der Waals surface area contributed by atoms with Gasteiger partial charge in [-0.1, -0.05) is 23.2 Å². The summed E-state index contributed by atoms with van der Waals surface area (Å²) in [6, 6.07) is 11.5. The molecule has 1 amide bonds. The van der Waals surface area contributed by atoms with E-state index in [1.807, 2.05) is 0 Å². The first-order valence-corrected chi connectivity index (χ1v) is 8.31. The van der Waals surface area contributed by atoms with Crippen molar-refractivity contribution in [2.24, 2.45) is 0 Å². The van der Waals surface area contributed by atoms with Crippen LogP contribution in [0.15, 0.2) is 42.5 Å². The van der Waals surface area contributed by atoms with E-state index in [1.54, 1.807) is 42.5 Å². The van der Waals surface area contributed by atoms with E-state index in [2.05, 4.69) is 10.1 Å². The van der Waals surface area contributed by atoms with E-state index >= 15 is 0 Å². The van der Waals surface area contributed by atoms with Crippen molar-refractivity contribution in [2.75, 3.05) is 19.0 Å². The van der Waals surface area contributed by atoms with Crippen LogP contribution in [0.1, 0.15) is 23.2 Å². The molecule has 2 aromatic carbocycles. The molecular formula is C18H17Cl2NO4. The molecule has 0 spiro atoms. The molecule has 0 atom stereocenters. The minimum atomic E-state index is -0.420. The number of anilines is 1. The van der Waals surface area contributed by atoms with Crippen molar-refractivity contribution < 1.29 is 19.1 Å². The number of esters is 1. The van der Waals surface area contributed by atoms with Crippen LogP contribution in [0.5, 0.6) is 5.75 Å². The monoisotopic (exact) mass is 381 g/mol. The first-order valence-electron chi connectivity index (χ1n) is 7.55. The quantitative estimate of drug-likeness (QED) is 0.563. The lowest BCUT2D eigenvalue weighted by Crippen LogP contribution is -2.13. The first kappa shape index (κ1) is 19.1. The summed E-state index contributed by atoms with van der Waals surface area (Å²) in [7, 11) is 1.32. The highest BCUT2D eigenvalue weighted by molar-refractivity contribution is 6.35. The standard InChI is InChI=1S/C18H17Cl2NO4/c1-24-18(23)12-4-7-14(8-5-12)21-17(22)3-2-10-25-16-9-6-13(19)11-15(16)20/h4-9,11H,2-3,10H2,1H3,(H,21,22). The van der Waals surface area contributed by atoms with E-state index in [9.17, 15) is 9.59 Å². The van der Waals surface area contributed by atoms with Gasteiger partial charge in [0.05, 0.1) is 24.3 Å². The van der Waals surface area contributed by atoms with Gasteiger partial charge in [-0.2, -0.15) is 0 Å². The molecule has 0 saturated heterocycles. The third-order valence-corrected chi connectivity index (χ3v) is 3.82. The maximum absolute atomic E-state index is 11.9. The largest absolute Gasteiger partial charge is 0.492 e. The van der Waals surface area contributed by atoms with Gasteiger partial charge in [0.2, 0.25) is 5.91 Å². The molecule has 2 rings (SSSR count). The molecule has 0 aliphatic carbocycles. The Hall–Kier alpha value is -2.24. The molecule has 25 heavy (non-hydrogen) atoms. The second-order valence-corrected chi connectivity index (χ2v) is 5.99. The number of ether oxygens (including phenoxy) is 2. The maximum Gasteiger partial charge on any atom is 0.337 e. The molecule has 0 radical (unpaired) electrons. The van der Waals surface area contributed by atoms with Crippen LogP contribution in [0.2, 0.25) is 10.0 Å². The number of carbonyl (C=O) groups excluding carboxylic acids is 2. The summed E-state index contributed by atoms with van der Waals surface area (Å²) in [5.41, 5.74) is 1.04. The zero-order valence-corrected chi connectivity index (χ0v) is 15.1. The number of nitrogens with one attached hydrogen (secondary N) is 1. The van der Waals surface area contributed by atoms with Gasteiger partial charge in [-0.3, -0.25) is 4.79 Å².